The van der Waals surface area contributed by atoms with Gasteiger partial charge in [-0.05, 0) is 65.6 Å². The molecule has 0 aliphatic carbocycles. The zero-order valence-electron chi connectivity index (χ0n) is 12.3. The van der Waals surface area contributed by atoms with Crippen LogP contribution in [-0.2, 0) is 6.54 Å². The number of fused-ring (bicyclic) bond motifs is 1. The van der Waals surface area contributed by atoms with E-state index in [4.69, 9.17) is 0 Å². The molecule has 0 amide bonds. The topological polar surface area (TPSA) is 12.0 Å². The number of hydrogen-bond donors (Lipinski definition) is 1. The zero-order valence-corrected chi connectivity index (χ0v) is 13.9. The van der Waals surface area contributed by atoms with Crippen LogP contribution in [0.2, 0.25) is 0 Å². The quantitative estimate of drug-likeness (QED) is 0.632. The largest absolute Gasteiger partial charge is 0.381 e. The van der Waals surface area contributed by atoms with Gasteiger partial charge in [-0.1, -0.05) is 46.3 Å². The summed E-state index contributed by atoms with van der Waals surface area (Å²) in [6, 6.07) is 19.3. The molecule has 0 atom stereocenters. The smallest absolute Gasteiger partial charge is 0.0406 e. The molecule has 0 aliphatic rings. The van der Waals surface area contributed by atoms with Crippen LogP contribution in [0.4, 0.5) is 5.69 Å². The van der Waals surface area contributed by atoms with Gasteiger partial charge in [0, 0.05) is 16.7 Å². The van der Waals surface area contributed by atoms with E-state index < -0.39 is 0 Å². The second-order valence-corrected chi connectivity index (χ2v) is 6.35. The van der Waals surface area contributed by atoms with E-state index in [0.717, 1.165) is 16.7 Å². The highest BCUT2D eigenvalue weighted by molar-refractivity contribution is 9.10. The van der Waals surface area contributed by atoms with E-state index in [9.17, 15) is 0 Å². The Balaban J connectivity index is 1.84. The van der Waals surface area contributed by atoms with Gasteiger partial charge < -0.3 is 5.32 Å². The van der Waals surface area contributed by atoms with Gasteiger partial charge in [0.2, 0.25) is 0 Å². The Bertz CT molecular complexity index is 772. The van der Waals surface area contributed by atoms with Crippen LogP contribution in [0, 0.1) is 13.8 Å². The average molecular weight is 340 g/mol. The number of halogens is 1. The van der Waals surface area contributed by atoms with E-state index in [0.29, 0.717) is 0 Å². The molecule has 0 bridgehead atoms. The van der Waals surface area contributed by atoms with Gasteiger partial charge in [0.05, 0.1) is 0 Å². The Morgan fingerprint density at radius 3 is 2.29 bits per heavy atom. The molecule has 0 saturated heterocycles. The van der Waals surface area contributed by atoms with Crippen molar-refractivity contribution in [3.05, 3.63) is 75.8 Å². The zero-order chi connectivity index (χ0) is 14.8. The van der Waals surface area contributed by atoms with E-state index in [1.165, 1.54) is 27.5 Å². The van der Waals surface area contributed by atoms with E-state index in [1.807, 2.05) is 0 Å². The Morgan fingerprint density at radius 2 is 1.52 bits per heavy atom. The first-order chi connectivity index (χ1) is 10.1. The lowest BCUT2D eigenvalue weighted by atomic mass is 10.0. The molecule has 0 aliphatic heterocycles. The summed E-state index contributed by atoms with van der Waals surface area (Å²) in [5.74, 6) is 0. The van der Waals surface area contributed by atoms with Gasteiger partial charge in [-0.3, -0.25) is 0 Å². The second kappa shape index (κ2) is 5.90. The Kier molecular flexibility index (Phi) is 3.98. The predicted octanol–water partition coefficient (Wildman–Crippen LogP) is 5.83. The van der Waals surface area contributed by atoms with Crippen molar-refractivity contribution in [3.63, 3.8) is 0 Å². The van der Waals surface area contributed by atoms with Crippen molar-refractivity contribution in [2.45, 2.75) is 20.4 Å². The summed E-state index contributed by atoms with van der Waals surface area (Å²) in [5, 5.41) is 6.04. The molecule has 1 N–H and O–H groups in total. The molecule has 3 aromatic rings. The maximum Gasteiger partial charge on any atom is 0.0406 e. The van der Waals surface area contributed by atoms with E-state index in [1.54, 1.807) is 0 Å². The minimum atomic E-state index is 0.862. The molecule has 0 aromatic heterocycles. The first-order valence-corrected chi connectivity index (χ1v) is 7.91. The second-order valence-electron chi connectivity index (χ2n) is 5.43. The van der Waals surface area contributed by atoms with Crippen LogP contribution in [-0.4, -0.2) is 0 Å². The fourth-order valence-electron chi connectivity index (χ4n) is 2.64. The van der Waals surface area contributed by atoms with Gasteiger partial charge in [0.25, 0.3) is 0 Å². The highest BCUT2D eigenvalue weighted by Crippen LogP contribution is 2.24. The molecule has 3 rings (SSSR count). The number of hydrogen-bond acceptors (Lipinski definition) is 1. The van der Waals surface area contributed by atoms with Gasteiger partial charge in [-0.15, -0.1) is 0 Å². The highest BCUT2D eigenvalue weighted by Gasteiger charge is 2.02. The standard InChI is InChI=1S/C19H18BrN/c1-13-4-3-5-14(2)19(13)12-21-18-9-7-15-10-17(20)8-6-16(15)11-18/h3-11,21H,12H2,1-2H3. The molecule has 3 aromatic carbocycles. The number of rotatable bonds is 3. The monoisotopic (exact) mass is 339 g/mol. The van der Waals surface area contributed by atoms with Gasteiger partial charge in [-0.2, -0.15) is 0 Å². The SMILES string of the molecule is Cc1cccc(C)c1CNc1ccc2cc(Br)ccc2c1. The molecular weight excluding hydrogens is 322 g/mol. The summed E-state index contributed by atoms with van der Waals surface area (Å²) < 4.78 is 1.12. The van der Waals surface area contributed by atoms with E-state index in [-0.39, 0.29) is 0 Å². The molecule has 0 unspecified atom stereocenters. The van der Waals surface area contributed by atoms with Gasteiger partial charge >= 0.3 is 0 Å². The molecule has 0 saturated carbocycles. The molecule has 21 heavy (non-hydrogen) atoms. The van der Waals surface area contributed by atoms with Crippen LogP contribution < -0.4 is 5.32 Å². The van der Waals surface area contributed by atoms with Crippen LogP contribution in [0.5, 0.6) is 0 Å². The molecular formula is C19H18BrN. The van der Waals surface area contributed by atoms with Crippen molar-refractivity contribution in [3.8, 4) is 0 Å². The Morgan fingerprint density at radius 1 is 0.857 bits per heavy atom. The lowest BCUT2D eigenvalue weighted by Gasteiger charge is -2.12. The number of aryl methyl sites for hydroxylation is 2. The summed E-state index contributed by atoms with van der Waals surface area (Å²) in [6.45, 7) is 5.20. The normalized spacial score (nSPS) is 10.8. The van der Waals surface area contributed by atoms with Gasteiger partial charge in [-0.25, -0.2) is 0 Å². The van der Waals surface area contributed by atoms with Gasteiger partial charge in [0.1, 0.15) is 0 Å². The molecule has 2 heteroatoms. The third-order valence-corrected chi connectivity index (χ3v) is 4.41. The molecule has 0 radical (unpaired) electrons. The van der Waals surface area contributed by atoms with Crippen molar-refractivity contribution >= 4 is 32.4 Å². The first kappa shape index (κ1) is 14.2. The molecule has 0 fully saturated rings. The maximum absolute atomic E-state index is 3.54. The van der Waals surface area contributed by atoms with Crippen molar-refractivity contribution in [2.75, 3.05) is 5.32 Å². The van der Waals surface area contributed by atoms with Crippen molar-refractivity contribution in [1.82, 2.24) is 0 Å². The van der Waals surface area contributed by atoms with Crippen molar-refractivity contribution in [2.24, 2.45) is 0 Å². The summed E-state index contributed by atoms with van der Waals surface area (Å²) in [7, 11) is 0. The maximum atomic E-state index is 3.54. The number of anilines is 1. The highest BCUT2D eigenvalue weighted by atomic mass is 79.9. The lowest BCUT2D eigenvalue weighted by molar-refractivity contribution is 1.09. The molecule has 0 spiro atoms. The number of nitrogens with one attached hydrogen (secondary N) is 1. The summed E-state index contributed by atoms with van der Waals surface area (Å²) in [6.07, 6.45) is 0. The van der Waals surface area contributed by atoms with E-state index in [2.05, 4.69) is 89.7 Å². The minimum absolute atomic E-state index is 0.862. The predicted molar refractivity (Wildman–Crippen MR) is 94.9 cm³/mol. The summed E-state index contributed by atoms with van der Waals surface area (Å²) in [4.78, 5) is 0. The van der Waals surface area contributed by atoms with Crippen LogP contribution in [0.25, 0.3) is 10.8 Å². The average Bonchev–Trinajstić information content (AvgIpc) is 2.47. The fourth-order valence-corrected chi connectivity index (χ4v) is 3.02. The van der Waals surface area contributed by atoms with Crippen LogP contribution in [0.1, 0.15) is 16.7 Å². The van der Waals surface area contributed by atoms with E-state index >= 15 is 0 Å². The third kappa shape index (κ3) is 3.11. The van der Waals surface area contributed by atoms with Crippen LogP contribution in [0.3, 0.4) is 0 Å². The first-order valence-electron chi connectivity index (χ1n) is 7.12. The third-order valence-electron chi connectivity index (χ3n) is 3.92. The van der Waals surface area contributed by atoms with Crippen molar-refractivity contribution < 1.29 is 0 Å². The molecule has 1 nitrogen and oxygen atoms in total. The molecule has 106 valence electrons. The fraction of sp³-hybridized carbons (Fsp3) is 0.158. The van der Waals surface area contributed by atoms with Crippen LogP contribution in [0.15, 0.2) is 59.1 Å². The lowest BCUT2D eigenvalue weighted by Crippen LogP contribution is -2.03. The number of benzene rings is 3. The minimum Gasteiger partial charge on any atom is -0.381 e. The van der Waals surface area contributed by atoms with Crippen LogP contribution >= 0.6 is 15.9 Å². The van der Waals surface area contributed by atoms with Crippen molar-refractivity contribution in [1.29, 1.82) is 0 Å². The summed E-state index contributed by atoms with van der Waals surface area (Å²) in [5.41, 5.74) is 5.22. The molecule has 0 heterocycles. The summed E-state index contributed by atoms with van der Waals surface area (Å²) >= 11 is 3.51. The Hall–Kier alpha value is -1.80. The Labute approximate surface area is 134 Å². The van der Waals surface area contributed by atoms with Gasteiger partial charge in [0.15, 0.2) is 0 Å².